The van der Waals surface area contributed by atoms with Crippen LogP contribution in [0.1, 0.15) is 17.2 Å². The van der Waals surface area contributed by atoms with Gasteiger partial charge in [-0.25, -0.2) is 4.39 Å². The minimum atomic E-state index is -0.242. The molecule has 0 spiro atoms. The van der Waals surface area contributed by atoms with E-state index in [2.05, 4.69) is 21.4 Å². The lowest BCUT2D eigenvalue weighted by molar-refractivity contribution is 0.412. The van der Waals surface area contributed by atoms with Crippen molar-refractivity contribution in [3.8, 4) is 5.75 Å². The molecular weight excluding hydrogens is 323 g/mol. The Kier molecular flexibility index (Phi) is 5.11. The van der Waals surface area contributed by atoms with Crippen molar-refractivity contribution in [1.82, 2.24) is 5.43 Å². The largest absolute Gasteiger partial charge is 0.497 e. The van der Waals surface area contributed by atoms with Gasteiger partial charge in [-0.15, -0.1) is 0 Å². The van der Waals surface area contributed by atoms with Crippen molar-refractivity contribution >= 4 is 15.9 Å². The van der Waals surface area contributed by atoms with Crippen molar-refractivity contribution in [2.75, 3.05) is 7.11 Å². The van der Waals surface area contributed by atoms with E-state index in [0.29, 0.717) is 6.42 Å². The van der Waals surface area contributed by atoms with Gasteiger partial charge >= 0.3 is 0 Å². The van der Waals surface area contributed by atoms with E-state index >= 15 is 0 Å². The molecule has 0 fully saturated rings. The van der Waals surface area contributed by atoms with Crippen LogP contribution in [0.15, 0.2) is 46.9 Å². The standard InChI is InChI=1S/C15H16BrFN2O/c1-20-12-6-7-14(16)13(9-12)15(19-18)8-10-2-4-11(17)5-3-10/h2-7,9,15,19H,8,18H2,1H3. The molecule has 0 aliphatic heterocycles. The van der Waals surface area contributed by atoms with Gasteiger partial charge in [0, 0.05) is 4.47 Å². The normalized spacial score (nSPS) is 12.2. The van der Waals surface area contributed by atoms with Gasteiger partial charge in [-0.1, -0.05) is 28.1 Å². The lowest BCUT2D eigenvalue weighted by atomic mass is 9.99. The molecule has 0 amide bonds. The Hall–Kier alpha value is -1.43. The number of nitrogens with two attached hydrogens (primary N) is 1. The highest BCUT2D eigenvalue weighted by Crippen LogP contribution is 2.29. The molecule has 0 aliphatic carbocycles. The lowest BCUT2D eigenvalue weighted by Gasteiger charge is -2.19. The molecule has 0 saturated heterocycles. The maximum atomic E-state index is 12.9. The first-order valence-corrected chi connectivity index (χ1v) is 6.97. The van der Waals surface area contributed by atoms with Crippen molar-refractivity contribution in [1.29, 1.82) is 0 Å². The van der Waals surface area contributed by atoms with Crippen molar-refractivity contribution < 1.29 is 9.13 Å². The zero-order chi connectivity index (χ0) is 14.5. The van der Waals surface area contributed by atoms with E-state index in [1.807, 2.05) is 18.2 Å². The summed E-state index contributed by atoms with van der Waals surface area (Å²) in [6, 6.07) is 12.0. The van der Waals surface area contributed by atoms with Crippen LogP contribution in [-0.2, 0) is 6.42 Å². The first kappa shape index (κ1) is 15.0. The first-order valence-electron chi connectivity index (χ1n) is 6.18. The van der Waals surface area contributed by atoms with Crippen LogP contribution < -0.4 is 16.0 Å². The molecule has 0 aromatic heterocycles. The predicted octanol–water partition coefficient (Wildman–Crippen LogP) is 3.34. The van der Waals surface area contributed by atoms with Crippen LogP contribution in [0.25, 0.3) is 0 Å². The number of benzene rings is 2. The Morgan fingerprint density at radius 2 is 1.95 bits per heavy atom. The lowest BCUT2D eigenvalue weighted by Crippen LogP contribution is -2.29. The fourth-order valence-electron chi connectivity index (χ4n) is 2.03. The third-order valence-electron chi connectivity index (χ3n) is 3.13. The summed E-state index contributed by atoms with van der Waals surface area (Å²) >= 11 is 3.51. The van der Waals surface area contributed by atoms with Crippen LogP contribution >= 0.6 is 15.9 Å². The number of nitrogens with one attached hydrogen (secondary N) is 1. The zero-order valence-electron chi connectivity index (χ0n) is 11.1. The van der Waals surface area contributed by atoms with Crippen LogP contribution in [0.5, 0.6) is 5.75 Å². The minimum absolute atomic E-state index is 0.0927. The molecular formula is C15H16BrFN2O. The second-order valence-corrected chi connectivity index (χ2v) is 5.29. The number of hydrogen-bond donors (Lipinski definition) is 2. The summed E-state index contributed by atoms with van der Waals surface area (Å²) < 4.78 is 19.1. The van der Waals surface area contributed by atoms with Crippen LogP contribution in [-0.4, -0.2) is 7.11 Å². The zero-order valence-corrected chi connectivity index (χ0v) is 12.7. The van der Waals surface area contributed by atoms with E-state index in [4.69, 9.17) is 10.6 Å². The monoisotopic (exact) mass is 338 g/mol. The molecule has 106 valence electrons. The quantitative estimate of drug-likeness (QED) is 0.649. The highest BCUT2D eigenvalue weighted by atomic mass is 79.9. The molecule has 0 aliphatic rings. The smallest absolute Gasteiger partial charge is 0.123 e. The van der Waals surface area contributed by atoms with Crippen molar-refractivity contribution in [3.63, 3.8) is 0 Å². The molecule has 20 heavy (non-hydrogen) atoms. The van der Waals surface area contributed by atoms with Gasteiger partial charge < -0.3 is 4.74 Å². The minimum Gasteiger partial charge on any atom is -0.497 e. The first-order chi connectivity index (χ1) is 9.63. The molecule has 0 bridgehead atoms. The fourth-order valence-corrected chi connectivity index (χ4v) is 2.55. The van der Waals surface area contributed by atoms with E-state index in [0.717, 1.165) is 21.3 Å². The Morgan fingerprint density at radius 3 is 2.55 bits per heavy atom. The fraction of sp³-hybridized carbons (Fsp3) is 0.200. The number of hydrogen-bond acceptors (Lipinski definition) is 3. The van der Waals surface area contributed by atoms with Gasteiger partial charge in [0.25, 0.3) is 0 Å². The van der Waals surface area contributed by atoms with Gasteiger partial charge in [-0.2, -0.15) is 0 Å². The van der Waals surface area contributed by atoms with Crippen molar-refractivity contribution in [3.05, 3.63) is 63.9 Å². The maximum Gasteiger partial charge on any atom is 0.123 e. The van der Waals surface area contributed by atoms with E-state index in [1.165, 1.54) is 12.1 Å². The summed E-state index contributed by atoms with van der Waals surface area (Å²) in [6.45, 7) is 0. The summed E-state index contributed by atoms with van der Waals surface area (Å²) in [4.78, 5) is 0. The van der Waals surface area contributed by atoms with Gasteiger partial charge in [0.05, 0.1) is 13.2 Å². The van der Waals surface area contributed by atoms with Crippen LogP contribution in [0, 0.1) is 5.82 Å². The summed E-state index contributed by atoms with van der Waals surface area (Å²) in [6.07, 6.45) is 0.655. The van der Waals surface area contributed by atoms with Crippen molar-refractivity contribution in [2.24, 2.45) is 5.84 Å². The summed E-state index contributed by atoms with van der Waals surface area (Å²) in [7, 11) is 1.62. The topological polar surface area (TPSA) is 47.3 Å². The summed E-state index contributed by atoms with van der Waals surface area (Å²) in [5.41, 5.74) is 4.79. The molecule has 1 unspecified atom stereocenters. The van der Waals surface area contributed by atoms with E-state index in [-0.39, 0.29) is 11.9 Å². The molecule has 0 radical (unpaired) electrons. The number of hydrazine groups is 1. The Bertz CT molecular complexity index is 575. The van der Waals surface area contributed by atoms with E-state index < -0.39 is 0 Å². The molecule has 3 N–H and O–H groups in total. The van der Waals surface area contributed by atoms with Gasteiger partial charge in [-0.3, -0.25) is 11.3 Å². The third kappa shape index (κ3) is 3.56. The molecule has 1 atom stereocenters. The molecule has 2 aromatic rings. The SMILES string of the molecule is COc1ccc(Br)c(C(Cc2ccc(F)cc2)NN)c1. The second kappa shape index (κ2) is 6.83. The van der Waals surface area contributed by atoms with Crippen molar-refractivity contribution in [2.45, 2.75) is 12.5 Å². The third-order valence-corrected chi connectivity index (χ3v) is 3.86. The van der Waals surface area contributed by atoms with Crippen LogP contribution in [0.4, 0.5) is 4.39 Å². The summed E-state index contributed by atoms with van der Waals surface area (Å²) in [5.74, 6) is 6.18. The average molecular weight is 339 g/mol. The molecule has 3 nitrogen and oxygen atoms in total. The molecule has 5 heteroatoms. The van der Waals surface area contributed by atoms with Crippen LogP contribution in [0.3, 0.4) is 0 Å². The second-order valence-electron chi connectivity index (χ2n) is 4.44. The Labute approximate surface area is 126 Å². The van der Waals surface area contributed by atoms with Gasteiger partial charge in [-0.05, 0) is 47.9 Å². The number of ether oxygens (including phenoxy) is 1. The van der Waals surface area contributed by atoms with Crippen LogP contribution in [0.2, 0.25) is 0 Å². The molecule has 0 heterocycles. The number of rotatable bonds is 5. The highest BCUT2D eigenvalue weighted by molar-refractivity contribution is 9.10. The van der Waals surface area contributed by atoms with Gasteiger partial charge in [0.2, 0.25) is 0 Å². The van der Waals surface area contributed by atoms with E-state index in [1.54, 1.807) is 19.2 Å². The number of halogens is 2. The molecule has 2 aromatic carbocycles. The summed E-state index contributed by atoms with van der Waals surface area (Å²) in [5, 5.41) is 0. The van der Waals surface area contributed by atoms with Gasteiger partial charge in [0.15, 0.2) is 0 Å². The highest BCUT2D eigenvalue weighted by Gasteiger charge is 2.15. The molecule has 2 rings (SSSR count). The Morgan fingerprint density at radius 1 is 1.25 bits per heavy atom. The predicted molar refractivity (Wildman–Crippen MR) is 80.9 cm³/mol. The number of methoxy groups -OCH3 is 1. The maximum absolute atomic E-state index is 12.9. The molecule has 0 saturated carbocycles. The van der Waals surface area contributed by atoms with E-state index in [9.17, 15) is 4.39 Å². The average Bonchev–Trinajstić information content (AvgIpc) is 2.47. The van der Waals surface area contributed by atoms with Gasteiger partial charge in [0.1, 0.15) is 11.6 Å². The Balaban J connectivity index is 2.25.